The summed E-state index contributed by atoms with van der Waals surface area (Å²) >= 11 is 3.45. The van der Waals surface area contributed by atoms with Gasteiger partial charge < -0.3 is 10.6 Å². The molecule has 2 N–H and O–H groups in total. The molecule has 2 aromatic carbocycles. The molecule has 0 spiro atoms. The molecule has 2 rings (SSSR count). The number of non-ortho nitro benzene ring substituents is 1. The van der Waals surface area contributed by atoms with Crippen LogP contribution in [-0.2, 0) is 6.42 Å². The monoisotopic (exact) mass is 363 g/mol. The minimum atomic E-state index is -0.485. The summed E-state index contributed by atoms with van der Waals surface area (Å²) in [6, 6.07) is 13.1. The first-order chi connectivity index (χ1) is 10.6. The van der Waals surface area contributed by atoms with Crippen LogP contribution in [0.5, 0.6) is 0 Å². The number of nitro benzene ring substituents is 1. The highest BCUT2D eigenvalue weighted by Gasteiger charge is 2.06. The number of benzene rings is 2. The maximum Gasteiger partial charge on any atom is 0.319 e. The highest BCUT2D eigenvalue weighted by Crippen LogP contribution is 2.16. The maximum absolute atomic E-state index is 11.7. The first kappa shape index (κ1) is 16.0. The topological polar surface area (TPSA) is 84.3 Å². The molecule has 0 radical (unpaired) electrons. The Morgan fingerprint density at radius 3 is 2.45 bits per heavy atom. The number of hydrogen-bond donors (Lipinski definition) is 2. The van der Waals surface area contributed by atoms with Crippen LogP contribution in [0.3, 0.4) is 0 Å². The Labute approximate surface area is 135 Å². The van der Waals surface area contributed by atoms with Crippen molar-refractivity contribution in [3.8, 4) is 0 Å². The Hall–Kier alpha value is -2.41. The van der Waals surface area contributed by atoms with E-state index in [0.29, 0.717) is 18.7 Å². The zero-order chi connectivity index (χ0) is 15.9. The molecule has 0 atom stereocenters. The summed E-state index contributed by atoms with van der Waals surface area (Å²) in [6.07, 6.45) is 0.703. The second-order valence-corrected chi connectivity index (χ2v) is 5.38. The molecule has 0 fully saturated rings. The van der Waals surface area contributed by atoms with Gasteiger partial charge in [0, 0.05) is 28.8 Å². The van der Waals surface area contributed by atoms with Gasteiger partial charge in [0.25, 0.3) is 5.69 Å². The van der Waals surface area contributed by atoms with Gasteiger partial charge in [-0.2, -0.15) is 0 Å². The molecule has 22 heavy (non-hydrogen) atoms. The highest BCUT2D eigenvalue weighted by atomic mass is 79.9. The van der Waals surface area contributed by atoms with E-state index in [9.17, 15) is 14.9 Å². The van der Waals surface area contributed by atoms with Crippen molar-refractivity contribution < 1.29 is 9.72 Å². The summed E-state index contributed by atoms with van der Waals surface area (Å²) in [7, 11) is 0. The zero-order valence-electron chi connectivity index (χ0n) is 11.6. The van der Waals surface area contributed by atoms with Gasteiger partial charge in [-0.25, -0.2) is 4.79 Å². The van der Waals surface area contributed by atoms with Gasteiger partial charge in [-0.05, 0) is 30.2 Å². The third-order valence-corrected chi connectivity index (χ3v) is 3.75. The third kappa shape index (κ3) is 4.56. The molecule has 0 bridgehead atoms. The number of hydrogen-bond acceptors (Lipinski definition) is 3. The molecule has 0 heterocycles. The molecule has 114 valence electrons. The maximum atomic E-state index is 11.7. The van der Waals surface area contributed by atoms with Crippen molar-refractivity contribution >= 4 is 33.3 Å². The van der Waals surface area contributed by atoms with Crippen LogP contribution in [0.1, 0.15) is 5.56 Å². The van der Waals surface area contributed by atoms with Crippen LogP contribution in [0.2, 0.25) is 0 Å². The standard InChI is InChI=1S/C15H14BrN3O3/c16-14-4-2-1-3-11(14)9-10-17-15(20)18-12-5-7-13(8-6-12)19(21)22/h1-8H,9-10H2,(H2,17,18,20). The molecule has 0 aliphatic heterocycles. The number of amides is 2. The number of nitro groups is 1. The molecule has 0 aliphatic carbocycles. The fraction of sp³-hybridized carbons (Fsp3) is 0.133. The van der Waals surface area contributed by atoms with Crippen molar-refractivity contribution in [2.75, 3.05) is 11.9 Å². The van der Waals surface area contributed by atoms with Gasteiger partial charge in [-0.1, -0.05) is 34.1 Å². The largest absolute Gasteiger partial charge is 0.338 e. The second-order valence-electron chi connectivity index (χ2n) is 4.53. The SMILES string of the molecule is O=C(NCCc1ccccc1Br)Nc1ccc([N+](=O)[O-])cc1. The Morgan fingerprint density at radius 1 is 1.14 bits per heavy atom. The van der Waals surface area contributed by atoms with E-state index in [4.69, 9.17) is 0 Å². The Balaban J connectivity index is 1.80. The molecule has 6 nitrogen and oxygen atoms in total. The van der Waals surface area contributed by atoms with E-state index in [1.807, 2.05) is 24.3 Å². The van der Waals surface area contributed by atoms with E-state index in [1.54, 1.807) is 0 Å². The summed E-state index contributed by atoms with van der Waals surface area (Å²) in [5.41, 5.74) is 1.60. The lowest BCUT2D eigenvalue weighted by Crippen LogP contribution is -2.30. The van der Waals surface area contributed by atoms with Gasteiger partial charge in [-0.3, -0.25) is 10.1 Å². The molecule has 2 amide bonds. The molecule has 7 heteroatoms. The number of rotatable bonds is 5. The summed E-state index contributed by atoms with van der Waals surface area (Å²) < 4.78 is 1.01. The minimum absolute atomic E-state index is 0.0140. The van der Waals surface area contributed by atoms with E-state index in [2.05, 4.69) is 26.6 Å². The van der Waals surface area contributed by atoms with Crippen LogP contribution in [0.25, 0.3) is 0 Å². The van der Waals surface area contributed by atoms with Crippen LogP contribution >= 0.6 is 15.9 Å². The predicted molar refractivity (Wildman–Crippen MR) is 88.0 cm³/mol. The molecule has 0 aliphatic rings. The van der Waals surface area contributed by atoms with Gasteiger partial charge in [-0.15, -0.1) is 0 Å². The molecule has 0 unspecified atom stereocenters. The lowest BCUT2D eigenvalue weighted by molar-refractivity contribution is -0.384. The van der Waals surface area contributed by atoms with E-state index in [-0.39, 0.29) is 11.7 Å². The van der Waals surface area contributed by atoms with E-state index in [0.717, 1.165) is 10.0 Å². The smallest absolute Gasteiger partial charge is 0.319 e. The Bertz CT molecular complexity index is 674. The van der Waals surface area contributed by atoms with Gasteiger partial charge >= 0.3 is 6.03 Å². The van der Waals surface area contributed by atoms with E-state index < -0.39 is 4.92 Å². The van der Waals surface area contributed by atoms with Crippen molar-refractivity contribution in [2.24, 2.45) is 0 Å². The van der Waals surface area contributed by atoms with Gasteiger partial charge in [0.1, 0.15) is 0 Å². The molecular weight excluding hydrogens is 350 g/mol. The number of anilines is 1. The molecule has 0 aromatic heterocycles. The van der Waals surface area contributed by atoms with Crippen LogP contribution in [0.15, 0.2) is 53.0 Å². The lowest BCUT2D eigenvalue weighted by atomic mass is 10.1. The number of carbonyl (C=O) groups excluding carboxylic acids is 1. The number of nitrogens with zero attached hydrogens (tertiary/aromatic N) is 1. The van der Waals surface area contributed by atoms with Gasteiger partial charge in [0.2, 0.25) is 0 Å². The number of carbonyl (C=O) groups is 1. The Kier molecular flexibility index (Phi) is 5.48. The third-order valence-electron chi connectivity index (χ3n) is 2.97. The first-order valence-corrected chi connectivity index (χ1v) is 7.38. The average molecular weight is 364 g/mol. The van der Waals surface area contributed by atoms with Crippen LogP contribution in [0, 0.1) is 10.1 Å². The fourth-order valence-electron chi connectivity index (χ4n) is 1.85. The molecule has 0 saturated carbocycles. The van der Waals surface area contributed by atoms with E-state index >= 15 is 0 Å². The first-order valence-electron chi connectivity index (χ1n) is 6.59. The van der Waals surface area contributed by atoms with Crippen molar-refractivity contribution in [3.63, 3.8) is 0 Å². The predicted octanol–water partition coefficient (Wildman–Crippen LogP) is 3.72. The van der Waals surface area contributed by atoms with Gasteiger partial charge in [0.05, 0.1) is 4.92 Å². The van der Waals surface area contributed by atoms with Crippen molar-refractivity contribution in [3.05, 3.63) is 68.7 Å². The van der Waals surface area contributed by atoms with Crippen LogP contribution < -0.4 is 10.6 Å². The highest BCUT2D eigenvalue weighted by molar-refractivity contribution is 9.10. The normalized spacial score (nSPS) is 10.0. The molecular formula is C15H14BrN3O3. The summed E-state index contributed by atoms with van der Waals surface area (Å²) in [5.74, 6) is 0. The van der Waals surface area contributed by atoms with E-state index in [1.165, 1.54) is 24.3 Å². The minimum Gasteiger partial charge on any atom is -0.338 e. The quantitative estimate of drug-likeness (QED) is 0.626. The van der Waals surface area contributed by atoms with Crippen LogP contribution in [-0.4, -0.2) is 17.5 Å². The molecule has 0 saturated heterocycles. The average Bonchev–Trinajstić information content (AvgIpc) is 2.50. The van der Waals surface area contributed by atoms with Crippen molar-refractivity contribution in [2.45, 2.75) is 6.42 Å². The number of halogens is 1. The summed E-state index contributed by atoms with van der Waals surface area (Å²) in [6.45, 7) is 0.488. The summed E-state index contributed by atoms with van der Waals surface area (Å²) in [5, 5.41) is 15.9. The van der Waals surface area contributed by atoms with Crippen molar-refractivity contribution in [1.29, 1.82) is 0 Å². The second kappa shape index (κ2) is 7.56. The van der Waals surface area contributed by atoms with Crippen molar-refractivity contribution in [1.82, 2.24) is 5.32 Å². The summed E-state index contributed by atoms with van der Waals surface area (Å²) in [4.78, 5) is 21.8. The zero-order valence-corrected chi connectivity index (χ0v) is 13.2. The lowest BCUT2D eigenvalue weighted by Gasteiger charge is -2.08. The van der Waals surface area contributed by atoms with Gasteiger partial charge in [0.15, 0.2) is 0 Å². The number of urea groups is 1. The Morgan fingerprint density at radius 2 is 1.82 bits per heavy atom. The fourth-order valence-corrected chi connectivity index (χ4v) is 2.34. The van der Waals surface area contributed by atoms with Crippen LogP contribution in [0.4, 0.5) is 16.2 Å². The number of nitrogens with one attached hydrogen (secondary N) is 2. The molecule has 2 aromatic rings.